The Balaban J connectivity index is 1.53. The smallest absolute Gasteiger partial charge is 0.0733 e. The second kappa shape index (κ2) is 6.80. The first-order valence-corrected chi connectivity index (χ1v) is 8.85. The van der Waals surface area contributed by atoms with Crippen molar-refractivity contribution in [2.75, 3.05) is 6.54 Å². The second-order valence-corrected chi connectivity index (χ2v) is 6.88. The first-order chi connectivity index (χ1) is 12.2. The molecule has 0 N–H and O–H groups in total. The monoisotopic (exact) mass is 336 g/mol. The molecule has 0 saturated carbocycles. The molecule has 3 aromatic rings. The molecule has 4 heterocycles. The number of pyridine rings is 1. The number of likely N-dealkylation sites (tertiary alicyclic amines) is 1. The largest absolute Gasteiger partial charge is 0.292 e. The zero-order valence-corrected chi connectivity index (χ0v) is 14.8. The highest BCUT2D eigenvalue weighted by Gasteiger charge is 2.24. The van der Waals surface area contributed by atoms with Gasteiger partial charge in [-0.15, -0.1) is 0 Å². The van der Waals surface area contributed by atoms with Gasteiger partial charge < -0.3 is 0 Å². The number of aryl methyl sites for hydroxylation is 2. The van der Waals surface area contributed by atoms with Crippen LogP contribution in [-0.4, -0.2) is 36.0 Å². The van der Waals surface area contributed by atoms with E-state index in [4.69, 9.17) is 0 Å². The average Bonchev–Trinajstić information content (AvgIpc) is 3.24. The van der Waals surface area contributed by atoms with Crippen molar-refractivity contribution in [1.82, 2.24) is 29.4 Å². The summed E-state index contributed by atoms with van der Waals surface area (Å²) in [5.74, 6) is 0. The van der Waals surface area contributed by atoms with Gasteiger partial charge in [-0.05, 0) is 31.0 Å². The van der Waals surface area contributed by atoms with Gasteiger partial charge in [0.2, 0.25) is 0 Å². The van der Waals surface area contributed by atoms with E-state index in [0.717, 1.165) is 24.3 Å². The highest BCUT2D eigenvalue weighted by atomic mass is 15.2. The van der Waals surface area contributed by atoms with Crippen molar-refractivity contribution in [1.29, 1.82) is 0 Å². The Morgan fingerprint density at radius 3 is 2.52 bits per heavy atom. The lowest BCUT2D eigenvalue weighted by Gasteiger charge is -2.35. The van der Waals surface area contributed by atoms with Crippen LogP contribution in [0.4, 0.5) is 0 Å². The molecule has 0 bridgehead atoms. The molecule has 130 valence electrons. The number of rotatable bonds is 4. The van der Waals surface area contributed by atoms with E-state index in [1.54, 1.807) is 0 Å². The van der Waals surface area contributed by atoms with Crippen molar-refractivity contribution in [2.45, 2.75) is 31.8 Å². The molecule has 6 nitrogen and oxygen atoms in total. The van der Waals surface area contributed by atoms with Gasteiger partial charge in [0, 0.05) is 56.4 Å². The molecular formula is C19H24N6. The van der Waals surface area contributed by atoms with E-state index in [-0.39, 0.29) is 0 Å². The van der Waals surface area contributed by atoms with Crippen LogP contribution in [0.2, 0.25) is 0 Å². The third kappa shape index (κ3) is 3.49. The Morgan fingerprint density at radius 1 is 1.00 bits per heavy atom. The van der Waals surface area contributed by atoms with Crippen LogP contribution < -0.4 is 0 Å². The van der Waals surface area contributed by atoms with Crippen LogP contribution in [0.25, 0.3) is 11.3 Å². The Hall–Kier alpha value is -2.47. The zero-order valence-electron chi connectivity index (χ0n) is 14.8. The van der Waals surface area contributed by atoms with E-state index in [2.05, 4.69) is 38.4 Å². The highest BCUT2D eigenvalue weighted by Crippen LogP contribution is 2.32. The van der Waals surface area contributed by atoms with E-state index >= 15 is 0 Å². The Kier molecular flexibility index (Phi) is 4.36. The first kappa shape index (κ1) is 16.0. The molecule has 6 heteroatoms. The normalized spacial score (nSPS) is 18.6. The molecule has 25 heavy (non-hydrogen) atoms. The summed E-state index contributed by atoms with van der Waals surface area (Å²) in [6.07, 6.45) is 13.7. The minimum atomic E-state index is 0.435. The minimum absolute atomic E-state index is 0.435. The minimum Gasteiger partial charge on any atom is -0.292 e. The molecule has 0 aromatic carbocycles. The van der Waals surface area contributed by atoms with Crippen molar-refractivity contribution in [3.8, 4) is 11.3 Å². The maximum atomic E-state index is 4.69. The van der Waals surface area contributed by atoms with Crippen molar-refractivity contribution in [3.05, 3.63) is 54.2 Å². The molecule has 1 aliphatic heterocycles. The summed E-state index contributed by atoms with van der Waals surface area (Å²) in [4.78, 5) is 7.24. The van der Waals surface area contributed by atoms with Crippen LogP contribution in [0.5, 0.6) is 0 Å². The van der Waals surface area contributed by atoms with E-state index in [1.165, 1.54) is 30.4 Å². The van der Waals surface area contributed by atoms with Crippen LogP contribution in [-0.2, 0) is 20.6 Å². The Labute approximate surface area is 148 Å². The Bertz CT molecular complexity index is 832. The predicted octanol–water partition coefficient (Wildman–Crippen LogP) is 2.94. The lowest BCUT2D eigenvalue weighted by molar-refractivity contribution is 0.140. The maximum absolute atomic E-state index is 4.69. The quantitative estimate of drug-likeness (QED) is 0.735. The fourth-order valence-corrected chi connectivity index (χ4v) is 3.67. The van der Waals surface area contributed by atoms with Crippen molar-refractivity contribution in [2.24, 2.45) is 14.1 Å². The van der Waals surface area contributed by atoms with E-state index < -0.39 is 0 Å². The lowest BCUT2D eigenvalue weighted by atomic mass is 9.95. The lowest BCUT2D eigenvalue weighted by Crippen LogP contribution is -2.32. The van der Waals surface area contributed by atoms with Crippen LogP contribution >= 0.6 is 0 Å². The van der Waals surface area contributed by atoms with E-state index in [0.29, 0.717) is 6.04 Å². The third-order valence-electron chi connectivity index (χ3n) is 4.93. The maximum Gasteiger partial charge on any atom is 0.0733 e. The molecule has 3 aromatic heterocycles. The predicted molar refractivity (Wildman–Crippen MR) is 96.6 cm³/mol. The molecule has 1 saturated heterocycles. The molecule has 1 atom stereocenters. The van der Waals surface area contributed by atoms with Crippen molar-refractivity contribution < 1.29 is 0 Å². The summed E-state index contributed by atoms with van der Waals surface area (Å²) in [5.41, 5.74) is 4.61. The van der Waals surface area contributed by atoms with Gasteiger partial charge in [0.15, 0.2) is 0 Å². The summed E-state index contributed by atoms with van der Waals surface area (Å²) in [5, 5.41) is 8.52. The van der Waals surface area contributed by atoms with Gasteiger partial charge in [-0.25, -0.2) is 0 Å². The molecule has 0 spiro atoms. The Morgan fingerprint density at radius 2 is 1.84 bits per heavy atom. The molecule has 4 rings (SSSR count). The van der Waals surface area contributed by atoms with Gasteiger partial charge in [-0.2, -0.15) is 10.2 Å². The molecule has 0 aliphatic carbocycles. The van der Waals surface area contributed by atoms with Gasteiger partial charge in [0.25, 0.3) is 0 Å². The zero-order chi connectivity index (χ0) is 17.2. The first-order valence-electron chi connectivity index (χ1n) is 8.85. The topological polar surface area (TPSA) is 51.8 Å². The average molecular weight is 336 g/mol. The second-order valence-electron chi connectivity index (χ2n) is 6.88. The highest BCUT2D eigenvalue weighted by molar-refractivity contribution is 5.56. The SMILES string of the molecule is Cn1cc(CN2CCCCC2c2ccc(-c3cnn(C)c3)nc2)cn1. The van der Waals surface area contributed by atoms with E-state index in [9.17, 15) is 0 Å². The molecule has 1 aliphatic rings. The van der Waals surface area contributed by atoms with Crippen LogP contribution in [0.15, 0.2) is 43.1 Å². The summed E-state index contributed by atoms with van der Waals surface area (Å²) >= 11 is 0. The fraction of sp³-hybridized carbons (Fsp3) is 0.421. The van der Waals surface area contributed by atoms with E-state index in [1.807, 2.05) is 48.2 Å². The molecular weight excluding hydrogens is 312 g/mol. The molecule has 0 radical (unpaired) electrons. The summed E-state index contributed by atoms with van der Waals surface area (Å²) in [6.45, 7) is 2.08. The number of aromatic nitrogens is 5. The number of piperidine rings is 1. The van der Waals surface area contributed by atoms with Crippen molar-refractivity contribution >= 4 is 0 Å². The van der Waals surface area contributed by atoms with Gasteiger partial charge in [-0.1, -0.05) is 12.5 Å². The number of hydrogen-bond donors (Lipinski definition) is 0. The van der Waals surface area contributed by atoms with Gasteiger partial charge in [0.1, 0.15) is 0 Å². The van der Waals surface area contributed by atoms with Crippen LogP contribution in [0.1, 0.15) is 36.4 Å². The molecule has 1 fully saturated rings. The molecule has 1 unspecified atom stereocenters. The van der Waals surface area contributed by atoms with Gasteiger partial charge >= 0.3 is 0 Å². The molecule has 0 amide bonds. The van der Waals surface area contributed by atoms with Crippen molar-refractivity contribution in [3.63, 3.8) is 0 Å². The van der Waals surface area contributed by atoms with Crippen LogP contribution in [0, 0.1) is 0 Å². The fourth-order valence-electron chi connectivity index (χ4n) is 3.67. The third-order valence-corrected chi connectivity index (χ3v) is 4.93. The van der Waals surface area contributed by atoms with Crippen LogP contribution in [0.3, 0.4) is 0 Å². The summed E-state index contributed by atoms with van der Waals surface area (Å²) in [7, 11) is 3.90. The van der Waals surface area contributed by atoms with Gasteiger partial charge in [0.05, 0.1) is 18.1 Å². The summed E-state index contributed by atoms with van der Waals surface area (Å²) in [6, 6.07) is 4.77. The number of nitrogens with zero attached hydrogens (tertiary/aromatic N) is 6. The number of hydrogen-bond acceptors (Lipinski definition) is 4. The summed E-state index contributed by atoms with van der Waals surface area (Å²) < 4.78 is 3.68. The van der Waals surface area contributed by atoms with Gasteiger partial charge in [-0.3, -0.25) is 19.2 Å². The standard InChI is InChI=1S/C19H24N6/c1-23-12-15(9-21-23)13-25-8-4-3-5-19(25)16-6-7-18(20-10-16)17-11-22-24(2)14-17/h6-7,9-12,14,19H,3-5,8,13H2,1-2H3.